The van der Waals surface area contributed by atoms with Crippen LogP contribution in [0.3, 0.4) is 0 Å². The highest BCUT2D eigenvalue weighted by molar-refractivity contribution is 7.92. The maximum atomic E-state index is 12.8. The smallest absolute Gasteiger partial charge is 0.280 e. The minimum absolute atomic E-state index is 0.0262. The number of benzene rings is 2. The van der Waals surface area contributed by atoms with Gasteiger partial charge in [0.05, 0.1) is 20.4 Å². The second-order valence-corrected chi connectivity index (χ2v) is 10.5. The van der Waals surface area contributed by atoms with Crippen molar-refractivity contribution in [2.45, 2.75) is 29.1 Å². The first-order chi connectivity index (χ1) is 13.6. The number of hydrogen-bond donors (Lipinski definition) is 1. The molecule has 1 heterocycles. The molecule has 0 saturated carbocycles. The molecule has 2 aromatic carbocycles. The van der Waals surface area contributed by atoms with E-state index in [1.54, 1.807) is 0 Å². The second-order valence-electron chi connectivity index (χ2n) is 6.47. The zero-order valence-corrected chi connectivity index (χ0v) is 17.5. The van der Waals surface area contributed by atoms with Gasteiger partial charge in [-0.25, -0.2) is 16.8 Å². The predicted octanol–water partition coefficient (Wildman–Crippen LogP) is 3.22. The lowest BCUT2D eigenvalue weighted by atomic mass is 10.2. The summed E-state index contributed by atoms with van der Waals surface area (Å²) in [7, 11) is -7.93. The molecule has 1 N–H and O–H groups in total. The summed E-state index contributed by atoms with van der Waals surface area (Å²) in [6.45, 7) is 0.847. The summed E-state index contributed by atoms with van der Waals surface area (Å²) >= 11 is 5.72. The van der Waals surface area contributed by atoms with E-state index >= 15 is 0 Å². The Bertz CT molecular complexity index is 1150. The van der Waals surface area contributed by atoms with Gasteiger partial charge in [0, 0.05) is 19.2 Å². The molecule has 156 valence electrons. The van der Waals surface area contributed by atoms with Gasteiger partial charge in [-0.15, -0.1) is 0 Å². The highest BCUT2D eigenvalue weighted by atomic mass is 35.5. The van der Waals surface area contributed by atoms with E-state index in [0.717, 1.165) is 37.5 Å². The third kappa shape index (κ3) is 4.69. The highest BCUT2D eigenvalue weighted by Gasteiger charge is 2.27. The van der Waals surface area contributed by atoms with Crippen LogP contribution >= 0.6 is 11.6 Å². The SMILES string of the molecule is O=[N+]([O-])c1cc(S(=O)(=O)Nc2cccc(S(=O)(=O)N3CCCCC3)c2)ccc1Cl. The van der Waals surface area contributed by atoms with Gasteiger partial charge >= 0.3 is 0 Å². The Balaban J connectivity index is 1.90. The molecule has 0 atom stereocenters. The topological polar surface area (TPSA) is 127 Å². The van der Waals surface area contributed by atoms with Gasteiger partial charge in [0.1, 0.15) is 5.02 Å². The molecule has 12 heteroatoms. The van der Waals surface area contributed by atoms with Gasteiger partial charge in [-0.05, 0) is 43.2 Å². The number of hydrogen-bond acceptors (Lipinski definition) is 6. The lowest BCUT2D eigenvalue weighted by Gasteiger charge is -2.26. The Morgan fingerprint density at radius 2 is 1.66 bits per heavy atom. The van der Waals surface area contributed by atoms with Gasteiger partial charge in [-0.1, -0.05) is 24.1 Å². The first-order valence-corrected chi connectivity index (χ1v) is 12.0. The number of nitrogens with zero attached hydrogens (tertiary/aromatic N) is 2. The molecule has 0 bridgehead atoms. The lowest BCUT2D eigenvalue weighted by Crippen LogP contribution is -2.35. The number of nitro benzene ring substituents is 1. The van der Waals surface area contributed by atoms with Crippen molar-refractivity contribution in [2.75, 3.05) is 17.8 Å². The Kier molecular flexibility index (Phi) is 6.13. The lowest BCUT2D eigenvalue weighted by molar-refractivity contribution is -0.384. The summed E-state index contributed by atoms with van der Waals surface area (Å²) in [5.74, 6) is 0. The largest absolute Gasteiger partial charge is 0.289 e. The fourth-order valence-electron chi connectivity index (χ4n) is 2.99. The summed E-state index contributed by atoms with van der Waals surface area (Å²) in [4.78, 5) is 9.83. The van der Waals surface area contributed by atoms with Crippen molar-refractivity contribution in [3.8, 4) is 0 Å². The zero-order valence-electron chi connectivity index (χ0n) is 15.1. The Morgan fingerprint density at radius 3 is 2.31 bits per heavy atom. The molecule has 1 aliphatic rings. The number of nitro groups is 1. The third-order valence-corrected chi connectivity index (χ3v) is 8.06. The predicted molar refractivity (Wildman–Crippen MR) is 108 cm³/mol. The summed E-state index contributed by atoms with van der Waals surface area (Å²) in [6.07, 6.45) is 2.53. The van der Waals surface area contributed by atoms with Gasteiger partial charge < -0.3 is 0 Å². The normalized spacial score (nSPS) is 15.8. The van der Waals surface area contributed by atoms with E-state index in [4.69, 9.17) is 11.6 Å². The molecule has 29 heavy (non-hydrogen) atoms. The number of sulfonamides is 2. The molecule has 0 aliphatic carbocycles. The molecule has 0 radical (unpaired) electrons. The average molecular weight is 460 g/mol. The first-order valence-electron chi connectivity index (χ1n) is 8.68. The van der Waals surface area contributed by atoms with Crippen LogP contribution in [0.5, 0.6) is 0 Å². The van der Waals surface area contributed by atoms with Crippen molar-refractivity contribution in [2.24, 2.45) is 0 Å². The molecule has 1 aliphatic heterocycles. The van der Waals surface area contributed by atoms with Crippen LogP contribution in [-0.2, 0) is 20.0 Å². The van der Waals surface area contributed by atoms with E-state index in [1.807, 2.05) is 0 Å². The minimum atomic E-state index is -4.19. The molecule has 1 saturated heterocycles. The van der Waals surface area contributed by atoms with Crippen molar-refractivity contribution in [1.29, 1.82) is 0 Å². The molecule has 3 rings (SSSR count). The van der Waals surface area contributed by atoms with Gasteiger partial charge in [0.25, 0.3) is 15.7 Å². The zero-order chi connectivity index (χ0) is 21.2. The Hall–Kier alpha value is -2.21. The highest BCUT2D eigenvalue weighted by Crippen LogP contribution is 2.29. The summed E-state index contributed by atoms with van der Waals surface area (Å²) in [5.41, 5.74) is -0.517. The van der Waals surface area contributed by atoms with Crippen molar-refractivity contribution in [3.63, 3.8) is 0 Å². The summed E-state index contributed by atoms with van der Waals surface area (Å²) in [6, 6.07) is 8.55. The van der Waals surface area contributed by atoms with Gasteiger partial charge in [-0.2, -0.15) is 4.31 Å². The quantitative estimate of drug-likeness (QED) is 0.522. The molecule has 0 aromatic heterocycles. The maximum absolute atomic E-state index is 12.8. The van der Waals surface area contributed by atoms with Crippen LogP contribution < -0.4 is 4.72 Å². The number of rotatable bonds is 6. The van der Waals surface area contributed by atoms with E-state index in [0.29, 0.717) is 13.1 Å². The van der Waals surface area contributed by atoms with Crippen LogP contribution in [0, 0.1) is 10.1 Å². The molecule has 9 nitrogen and oxygen atoms in total. The Morgan fingerprint density at radius 1 is 0.966 bits per heavy atom. The fourth-order valence-corrected chi connectivity index (χ4v) is 5.81. The van der Waals surface area contributed by atoms with Crippen LogP contribution in [0.15, 0.2) is 52.3 Å². The molecule has 1 fully saturated rings. The van der Waals surface area contributed by atoms with Crippen LogP contribution in [0.4, 0.5) is 11.4 Å². The number of anilines is 1. The number of nitrogens with one attached hydrogen (secondary N) is 1. The van der Waals surface area contributed by atoms with E-state index in [1.165, 1.54) is 28.6 Å². The van der Waals surface area contributed by atoms with E-state index in [2.05, 4.69) is 4.72 Å². The van der Waals surface area contributed by atoms with E-state index in [-0.39, 0.29) is 20.5 Å². The van der Waals surface area contributed by atoms with Gasteiger partial charge in [-0.3, -0.25) is 14.8 Å². The van der Waals surface area contributed by atoms with Crippen LogP contribution in [0.2, 0.25) is 5.02 Å². The van der Waals surface area contributed by atoms with Crippen molar-refractivity contribution in [1.82, 2.24) is 4.31 Å². The molecular weight excluding hydrogens is 442 g/mol. The third-order valence-electron chi connectivity index (χ3n) is 4.46. The van der Waals surface area contributed by atoms with E-state index in [9.17, 15) is 26.9 Å². The standard InChI is InChI=1S/C17H18ClN3O6S2/c18-16-8-7-14(12-17(16)21(22)23)28(24,25)19-13-5-4-6-15(11-13)29(26,27)20-9-2-1-3-10-20/h4-8,11-12,19H,1-3,9-10H2. The second kappa shape index (κ2) is 8.27. The van der Waals surface area contributed by atoms with E-state index < -0.39 is 30.7 Å². The molecular formula is C17H18ClN3O6S2. The van der Waals surface area contributed by atoms with Crippen molar-refractivity contribution in [3.05, 3.63) is 57.6 Å². The Labute approximate surface area is 173 Å². The van der Waals surface area contributed by atoms with Crippen LogP contribution in [0.1, 0.15) is 19.3 Å². The monoisotopic (exact) mass is 459 g/mol. The molecule has 0 amide bonds. The minimum Gasteiger partial charge on any atom is -0.280 e. The molecule has 0 unspecified atom stereocenters. The van der Waals surface area contributed by atoms with Gasteiger partial charge in [0.2, 0.25) is 10.0 Å². The molecule has 2 aromatic rings. The summed E-state index contributed by atoms with van der Waals surface area (Å²) < 4.78 is 54.5. The van der Waals surface area contributed by atoms with Crippen LogP contribution in [-0.4, -0.2) is 39.2 Å². The maximum Gasteiger partial charge on any atom is 0.289 e. The summed E-state index contributed by atoms with van der Waals surface area (Å²) in [5, 5.41) is 10.8. The number of halogens is 1. The molecule has 0 spiro atoms. The average Bonchev–Trinajstić information content (AvgIpc) is 2.68. The first kappa shape index (κ1) is 21.5. The van der Waals surface area contributed by atoms with Crippen LogP contribution in [0.25, 0.3) is 0 Å². The van der Waals surface area contributed by atoms with Gasteiger partial charge in [0.15, 0.2) is 0 Å². The van der Waals surface area contributed by atoms with Crippen molar-refractivity contribution < 1.29 is 21.8 Å². The number of piperidine rings is 1. The van der Waals surface area contributed by atoms with Crippen molar-refractivity contribution >= 4 is 43.0 Å². The fraction of sp³-hybridized carbons (Fsp3) is 0.294.